The molecule has 1 atom stereocenters. The van der Waals surface area contributed by atoms with Crippen molar-refractivity contribution >= 4 is 33.4 Å². The Morgan fingerprint density at radius 1 is 1.42 bits per heavy atom. The van der Waals surface area contributed by atoms with Gasteiger partial charge in [-0.1, -0.05) is 45.7 Å². The second-order valence-corrected chi connectivity index (χ2v) is 6.94. The van der Waals surface area contributed by atoms with E-state index < -0.39 is 0 Å². The highest BCUT2D eigenvalue weighted by molar-refractivity contribution is 9.10. The fraction of sp³-hybridized carbons (Fsp3) is 0.278. The normalized spacial score (nSPS) is 16.0. The summed E-state index contributed by atoms with van der Waals surface area (Å²) in [6.07, 6.45) is 0.737. The van der Waals surface area contributed by atoms with Gasteiger partial charge in [-0.05, 0) is 30.7 Å². The highest BCUT2D eigenvalue weighted by atomic mass is 79.9. The Kier molecular flexibility index (Phi) is 5.31. The van der Waals surface area contributed by atoms with E-state index in [0.29, 0.717) is 17.4 Å². The third kappa shape index (κ3) is 3.84. The number of carbonyl (C=O) groups is 1. The van der Waals surface area contributed by atoms with Crippen molar-refractivity contribution in [3.05, 3.63) is 57.0 Å². The minimum absolute atomic E-state index is 0.0625. The maximum absolute atomic E-state index is 12.3. The summed E-state index contributed by atoms with van der Waals surface area (Å²) in [6.45, 7) is 2.39. The summed E-state index contributed by atoms with van der Waals surface area (Å²) in [7, 11) is 0. The van der Waals surface area contributed by atoms with Crippen LogP contribution in [0.15, 0.2) is 40.9 Å². The Hall–Kier alpha value is -1.72. The Balaban J connectivity index is 1.63. The molecule has 0 spiro atoms. The molecule has 6 heteroatoms. The molecule has 0 aliphatic carbocycles. The van der Waals surface area contributed by atoms with E-state index >= 15 is 0 Å². The number of fused-ring (bicyclic) bond motifs is 1. The van der Waals surface area contributed by atoms with Crippen LogP contribution in [0.1, 0.15) is 23.6 Å². The van der Waals surface area contributed by atoms with Crippen LogP contribution in [-0.2, 0) is 4.79 Å². The molecule has 4 nitrogen and oxygen atoms in total. The quantitative estimate of drug-likeness (QED) is 0.811. The van der Waals surface area contributed by atoms with E-state index in [1.807, 2.05) is 37.3 Å². The van der Waals surface area contributed by atoms with Crippen molar-refractivity contribution in [1.29, 1.82) is 0 Å². The lowest BCUT2D eigenvalue weighted by Crippen LogP contribution is -2.35. The Bertz CT molecular complexity index is 743. The average molecular weight is 411 g/mol. The number of nitrogens with one attached hydrogen (secondary N) is 1. The van der Waals surface area contributed by atoms with E-state index in [-0.39, 0.29) is 18.6 Å². The van der Waals surface area contributed by atoms with E-state index in [4.69, 9.17) is 21.1 Å². The molecule has 0 bridgehead atoms. The SMILES string of the molecule is Cc1cc(Br)cc(Cl)c1OCC(=O)N[C@H]1CCOc2ccccc21. The van der Waals surface area contributed by atoms with Gasteiger partial charge in [0.15, 0.2) is 6.61 Å². The first kappa shape index (κ1) is 17.1. The Morgan fingerprint density at radius 2 is 2.21 bits per heavy atom. The van der Waals surface area contributed by atoms with Crippen LogP contribution in [0, 0.1) is 6.92 Å². The summed E-state index contributed by atoms with van der Waals surface area (Å²) in [5.74, 6) is 1.17. The van der Waals surface area contributed by atoms with Crippen LogP contribution in [0.3, 0.4) is 0 Å². The molecule has 24 heavy (non-hydrogen) atoms. The van der Waals surface area contributed by atoms with E-state index in [9.17, 15) is 4.79 Å². The third-order valence-electron chi connectivity index (χ3n) is 3.84. The summed E-state index contributed by atoms with van der Waals surface area (Å²) in [5.41, 5.74) is 1.87. The lowest BCUT2D eigenvalue weighted by atomic mass is 10.0. The Morgan fingerprint density at radius 3 is 3.00 bits per heavy atom. The minimum Gasteiger partial charge on any atom is -0.493 e. The molecule has 1 amide bonds. The summed E-state index contributed by atoms with van der Waals surface area (Å²) < 4.78 is 12.1. The number of amides is 1. The van der Waals surface area contributed by atoms with Gasteiger partial charge in [-0.3, -0.25) is 4.79 Å². The summed E-state index contributed by atoms with van der Waals surface area (Å²) in [4.78, 5) is 12.3. The molecule has 2 aromatic carbocycles. The monoisotopic (exact) mass is 409 g/mol. The lowest BCUT2D eigenvalue weighted by Gasteiger charge is -2.26. The van der Waals surface area contributed by atoms with E-state index in [1.54, 1.807) is 6.07 Å². The number of carbonyl (C=O) groups excluding carboxylic acids is 1. The van der Waals surface area contributed by atoms with Crippen molar-refractivity contribution in [3.63, 3.8) is 0 Å². The maximum Gasteiger partial charge on any atom is 0.258 e. The second kappa shape index (κ2) is 7.45. The fourth-order valence-corrected chi connectivity index (χ4v) is 3.76. The average Bonchev–Trinajstić information content (AvgIpc) is 2.54. The van der Waals surface area contributed by atoms with Crippen LogP contribution in [0.2, 0.25) is 5.02 Å². The molecule has 3 rings (SSSR count). The molecule has 1 aliphatic rings. The Labute approximate surface area is 154 Å². The largest absolute Gasteiger partial charge is 0.493 e. The van der Waals surface area contributed by atoms with Crippen LogP contribution < -0.4 is 14.8 Å². The topological polar surface area (TPSA) is 47.6 Å². The van der Waals surface area contributed by atoms with Crippen LogP contribution in [0.25, 0.3) is 0 Å². The van der Waals surface area contributed by atoms with Crippen LogP contribution >= 0.6 is 27.5 Å². The molecule has 0 unspecified atom stereocenters. The van der Waals surface area contributed by atoms with Gasteiger partial charge < -0.3 is 14.8 Å². The van der Waals surface area contributed by atoms with Crippen LogP contribution in [0.5, 0.6) is 11.5 Å². The van der Waals surface area contributed by atoms with Gasteiger partial charge in [0.1, 0.15) is 11.5 Å². The van der Waals surface area contributed by atoms with E-state index in [2.05, 4.69) is 21.2 Å². The molecule has 0 saturated heterocycles. The zero-order chi connectivity index (χ0) is 17.1. The van der Waals surface area contributed by atoms with Gasteiger partial charge in [-0.2, -0.15) is 0 Å². The predicted octanol–water partition coefficient (Wildman–Crippen LogP) is 4.43. The number of hydrogen-bond acceptors (Lipinski definition) is 3. The zero-order valence-electron chi connectivity index (χ0n) is 13.1. The second-order valence-electron chi connectivity index (χ2n) is 5.62. The molecular formula is C18H17BrClNO3. The summed E-state index contributed by atoms with van der Waals surface area (Å²) >= 11 is 9.55. The number of halogens is 2. The smallest absolute Gasteiger partial charge is 0.258 e. The maximum atomic E-state index is 12.3. The van der Waals surface area contributed by atoms with Gasteiger partial charge >= 0.3 is 0 Å². The van der Waals surface area contributed by atoms with Gasteiger partial charge in [0.2, 0.25) is 0 Å². The molecular weight excluding hydrogens is 394 g/mol. The molecule has 1 N–H and O–H groups in total. The molecule has 0 saturated carbocycles. The van der Waals surface area contributed by atoms with Crippen molar-refractivity contribution in [2.75, 3.05) is 13.2 Å². The van der Waals surface area contributed by atoms with Crippen molar-refractivity contribution in [2.24, 2.45) is 0 Å². The summed E-state index contributed by atoms with van der Waals surface area (Å²) in [6, 6.07) is 11.3. The molecule has 1 aliphatic heterocycles. The van der Waals surface area contributed by atoms with E-state index in [0.717, 1.165) is 27.8 Å². The number of aryl methyl sites for hydroxylation is 1. The van der Waals surface area contributed by atoms with Gasteiger partial charge in [-0.15, -0.1) is 0 Å². The number of benzene rings is 2. The fourth-order valence-electron chi connectivity index (χ4n) is 2.74. The summed E-state index contributed by atoms with van der Waals surface area (Å²) in [5, 5.41) is 3.48. The van der Waals surface area contributed by atoms with Crippen molar-refractivity contribution in [3.8, 4) is 11.5 Å². The molecule has 0 aromatic heterocycles. The molecule has 1 heterocycles. The molecule has 0 radical (unpaired) electrons. The number of para-hydroxylation sites is 1. The molecule has 2 aromatic rings. The predicted molar refractivity (Wildman–Crippen MR) is 96.8 cm³/mol. The highest BCUT2D eigenvalue weighted by Crippen LogP contribution is 2.33. The first-order valence-electron chi connectivity index (χ1n) is 7.64. The molecule has 126 valence electrons. The number of ether oxygens (including phenoxy) is 2. The highest BCUT2D eigenvalue weighted by Gasteiger charge is 2.22. The van der Waals surface area contributed by atoms with E-state index in [1.165, 1.54) is 0 Å². The minimum atomic E-state index is -0.185. The van der Waals surface area contributed by atoms with Crippen molar-refractivity contribution in [2.45, 2.75) is 19.4 Å². The van der Waals surface area contributed by atoms with Gasteiger partial charge in [0, 0.05) is 16.5 Å². The number of rotatable bonds is 4. The van der Waals surface area contributed by atoms with Gasteiger partial charge in [0.05, 0.1) is 17.7 Å². The van der Waals surface area contributed by atoms with Crippen LogP contribution in [0.4, 0.5) is 0 Å². The van der Waals surface area contributed by atoms with Gasteiger partial charge in [0.25, 0.3) is 5.91 Å². The lowest BCUT2D eigenvalue weighted by molar-refractivity contribution is -0.124. The van der Waals surface area contributed by atoms with Crippen molar-refractivity contribution in [1.82, 2.24) is 5.32 Å². The van der Waals surface area contributed by atoms with Gasteiger partial charge in [-0.25, -0.2) is 0 Å². The zero-order valence-corrected chi connectivity index (χ0v) is 15.5. The van der Waals surface area contributed by atoms with Crippen molar-refractivity contribution < 1.29 is 14.3 Å². The first-order valence-corrected chi connectivity index (χ1v) is 8.81. The first-order chi connectivity index (χ1) is 11.5. The van der Waals surface area contributed by atoms with Crippen LogP contribution in [-0.4, -0.2) is 19.1 Å². The standard InChI is InChI=1S/C18H17BrClNO3/c1-11-8-12(19)9-14(20)18(11)24-10-17(22)21-15-6-7-23-16-5-3-2-4-13(15)16/h2-5,8-9,15H,6-7,10H2,1H3,(H,21,22)/t15-/m0/s1. The third-order valence-corrected chi connectivity index (χ3v) is 4.57. The number of hydrogen-bond donors (Lipinski definition) is 1. The molecule has 0 fully saturated rings.